The zero-order valence-electron chi connectivity index (χ0n) is 8.59. The molecule has 0 saturated carbocycles. The van der Waals surface area contributed by atoms with Gasteiger partial charge >= 0.3 is 29.6 Å². The minimum Gasteiger partial charge on any atom is -0.744 e. The van der Waals surface area contributed by atoms with Crippen molar-refractivity contribution in [2.75, 3.05) is 4.43 Å². The molecule has 0 saturated heterocycles. The van der Waals surface area contributed by atoms with Crippen molar-refractivity contribution in [1.82, 2.24) is 0 Å². The van der Waals surface area contributed by atoms with Crippen LogP contribution in [0.5, 0.6) is 0 Å². The number of carbonyl (C=O) groups is 1. The van der Waals surface area contributed by atoms with Crippen molar-refractivity contribution in [2.45, 2.75) is 4.90 Å². The van der Waals surface area contributed by atoms with Gasteiger partial charge in [-0.2, -0.15) is 0 Å². The molecule has 1 aromatic rings. The Hall–Kier alpha value is 0.330. The van der Waals surface area contributed by atoms with Crippen LogP contribution in [0.15, 0.2) is 35.2 Å². The minimum absolute atomic E-state index is 0. The van der Waals surface area contributed by atoms with Gasteiger partial charge in [0.2, 0.25) is 5.91 Å². The number of benzene rings is 1. The second kappa shape index (κ2) is 9.37. The van der Waals surface area contributed by atoms with Gasteiger partial charge in [0.25, 0.3) is 0 Å². The summed E-state index contributed by atoms with van der Waals surface area (Å²) >= 11 is 1.90. The molecule has 1 aromatic carbocycles. The topological polar surface area (TPSA) is 100 Å². The Morgan fingerprint density at radius 2 is 1.69 bits per heavy atom. The van der Waals surface area contributed by atoms with Crippen molar-refractivity contribution >= 4 is 38.6 Å². The number of halogens is 1. The van der Waals surface area contributed by atoms with Crippen LogP contribution in [0.4, 0.5) is 0 Å². The van der Waals surface area contributed by atoms with E-state index in [1.54, 1.807) is 6.07 Å². The van der Waals surface area contributed by atoms with Crippen LogP contribution in [0.2, 0.25) is 0 Å². The molecule has 8 heteroatoms. The molecule has 0 aromatic heterocycles. The molecular formula is C8H9INNaO4S. The molecule has 0 bridgehead atoms. The summed E-state index contributed by atoms with van der Waals surface area (Å²) in [4.78, 5) is 9.40. The third-order valence-corrected chi connectivity index (χ3v) is 2.76. The molecule has 0 fully saturated rings. The summed E-state index contributed by atoms with van der Waals surface area (Å²) in [6.07, 6.45) is 0. The Morgan fingerprint density at radius 3 is 1.88 bits per heavy atom. The molecule has 0 aliphatic rings. The van der Waals surface area contributed by atoms with Gasteiger partial charge in [0.15, 0.2) is 0 Å². The molecule has 0 aliphatic heterocycles. The fraction of sp³-hybridized carbons (Fsp3) is 0.125. The van der Waals surface area contributed by atoms with E-state index in [1.165, 1.54) is 24.3 Å². The van der Waals surface area contributed by atoms with Gasteiger partial charge in [0, 0.05) is 0 Å². The van der Waals surface area contributed by atoms with Crippen LogP contribution in [-0.4, -0.2) is 23.3 Å². The van der Waals surface area contributed by atoms with Crippen molar-refractivity contribution in [3.63, 3.8) is 0 Å². The van der Waals surface area contributed by atoms with E-state index in [0.717, 1.165) is 0 Å². The summed E-state index contributed by atoms with van der Waals surface area (Å²) in [6, 6.07) is 7.19. The first-order valence-corrected chi connectivity index (χ1v) is 6.66. The van der Waals surface area contributed by atoms with E-state index >= 15 is 0 Å². The Labute approximate surface area is 130 Å². The summed E-state index contributed by atoms with van der Waals surface area (Å²) in [5.41, 5.74) is 4.65. The molecule has 16 heavy (non-hydrogen) atoms. The zero-order valence-corrected chi connectivity index (χ0v) is 13.6. The quantitative estimate of drug-likeness (QED) is 0.271. The third-order valence-electron chi connectivity index (χ3n) is 1.16. The summed E-state index contributed by atoms with van der Waals surface area (Å²) < 4.78 is 31.2. The Bertz CT molecular complexity index is 409. The van der Waals surface area contributed by atoms with Crippen LogP contribution in [-0.2, 0) is 14.9 Å². The molecule has 0 atom stereocenters. The zero-order chi connectivity index (χ0) is 11.9. The molecule has 1 amide bonds. The molecule has 84 valence electrons. The maximum atomic E-state index is 10.3. The molecular weight excluding hydrogens is 356 g/mol. The minimum atomic E-state index is -4.25. The van der Waals surface area contributed by atoms with Crippen molar-refractivity contribution in [2.24, 2.45) is 5.73 Å². The molecule has 0 unspecified atom stereocenters. The number of nitrogens with two attached hydrogens (primary N) is 1. The Balaban J connectivity index is 0. The first kappa shape index (κ1) is 18.7. The van der Waals surface area contributed by atoms with Gasteiger partial charge in [-0.25, -0.2) is 8.42 Å². The van der Waals surface area contributed by atoms with Crippen LogP contribution in [0.1, 0.15) is 0 Å². The van der Waals surface area contributed by atoms with E-state index in [-0.39, 0.29) is 40.4 Å². The van der Waals surface area contributed by atoms with E-state index in [0.29, 0.717) is 4.43 Å². The van der Waals surface area contributed by atoms with Gasteiger partial charge in [-0.3, -0.25) is 4.79 Å². The van der Waals surface area contributed by atoms with Crippen LogP contribution in [0, 0.1) is 0 Å². The van der Waals surface area contributed by atoms with Crippen molar-refractivity contribution < 1.29 is 47.3 Å². The monoisotopic (exact) mass is 365 g/mol. The fourth-order valence-electron chi connectivity index (χ4n) is 0.587. The molecule has 0 radical (unpaired) electrons. The van der Waals surface area contributed by atoms with Gasteiger partial charge in [0.1, 0.15) is 10.1 Å². The summed E-state index contributed by atoms with van der Waals surface area (Å²) in [6.45, 7) is 0. The average Bonchev–Trinajstić information content (AvgIpc) is 2.19. The number of alkyl halides is 1. The second-order valence-corrected chi connectivity index (χ2v) is 4.51. The standard InChI is InChI=1S/C6H6O3S.C2H4INO.Na/c7-10(8,9)6-4-2-1-3-5-6;3-1-2(4)5;/h1-5H,(H,7,8,9);1H2,(H2,4,5);/q;;+1/p-1. The third kappa shape index (κ3) is 9.55. The van der Waals surface area contributed by atoms with Gasteiger partial charge in [-0.15, -0.1) is 0 Å². The number of hydrogen-bond donors (Lipinski definition) is 1. The Morgan fingerprint density at radius 1 is 1.31 bits per heavy atom. The normalized spacial score (nSPS) is 9.38. The smallest absolute Gasteiger partial charge is 0.744 e. The van der Waals surface area contributed by atoms with E-state index in [1.807, 2.05) is 22.6 Å². The fourth-order valence-corrected chi connectivity index (χ4v) is 1.08. The van der Waals surface area contributed by atoms with Crippen LogP contribution >= 0.6 is 22.6 Å². The van der Waals surface area contributed by atoms with E-state index in [4.69, 9.17) is 0 Å². The van der Waals surface area contributed by atoms with E-state index in [9.17, 15) is 17.8 Å². The predicted octanol–water partition coefficient (Wildman–Crippen LogP) is -2.50. The second-order valence-electron chi connectivity index (χ2n) is 2.37. The molecule has 0 spiro atoms. The van der Waals surface area contributed by atoms with E-state index < -0.39 is 10.1 Å². The summed E-state index contributed by atoms with van der Waals surface area (Å²) in [5, 5.41) is 0. The number of rotatable bonds is 2. The summed E-state index contributed by atoms with van der Waals surface area (Å²) in [5.74, 6) is -0.259. The van der Waals surface area contributed by atoms with Gasteiger partial charge in [0.05, 0.1) is 9.32 Å². The SMILES string of the molecule is NC(=O)CI.O=S(=O)([O-])c1ccccc1.[Na+]. The predicted molar refractivity (Wildman–Crippen MR) is 62.5 cm³/mol. The molecule has 2 N–H and O–H groups in total. The number of primary amides is 1. The molecule has 5 nitrogen and oxygen atoms in total. The van der Waals surface area contributed by atoms with Crippen molar-refractivity contribution in [1.29, 1.82) is 0 Å². The van der Waals surface area contributed by atoms with Gasteiger partial charge in [-0.05, 0) is 12.1 Å². The van der Waals surface area contributed by atoms with Crippen LogP contribution < -0.4 is 35.3 Å². The first-order chi connectivity index (χ1) is 6.88. The number of amides is 1. The molecule has 0 aliphatic carbocycles. The number of carbonyl (C=O) groups excluding carboxylic acids is 1. The maximum Gasteiger partial charge on any atom is 1.00 e. The van der Waals surface area contributed by atoms with Gasteiger partial charge in [-0.1, -0.05) is 40.8 Å². The first-order valence-electron chi connectivity index (χ1n) is 3.73. The largest absolute Gasteiger partial charge is 1.00 e. The molecule has 1 rings (SSSR count). The van der Waals surface area contributed by atoms with Crippen LogP contribution in [0.3, 0.4) is 0 Å². The average molecular weight is 365 g/mol. The van der Waals surface area contributed by atoms with Gasteiger partial charge < -0.3 is 10.3 Å². The summed E-state index contributed by atoms with van der Waals surface area (Å²) in [7, 11) is -4.25. The van der Waals surface area contributed by atoms with E-state index in [2.05, 4.69) is 5.73 Å². The van der Waals surface area contributed by atoms with Crippen molar-refractivity contribution in [3.05, 3.63) is 30.3 Å². The van der Waals surface area contributed by atoms with Crippen molar-refractivity contribution in [3.8, 4) is 0 Å². The number of hydrogen-bond acceptors (Lipinski definition) is 4. The van der Waals surface area contributed by atoms with Crippen LogP contribution in [0.25, 0.3) is 0 Å². The maximum absolute atomic E-state index is 10.3. The molecule has 0 heterocycles. The Kier molecular flexibility index (Phi) is 10.9.